The van der Waals surface area contributed by atoms with Crippen molar-refractivity contribution < 1.29 is 9.18 Å². The number of imidazole rings is 1. The van der Waals surface area contributed by atoms with E-state index in [1.165, 1.54) is 12.1 Å². The molecule has 0 radical (unpaired) electrons. The van der Waals surface area contributed by atoms with Crippen LogP contribution in [0.5, 0.6) is 0 Å². The molecule has 0 aliphatic carbocycles. The van der Waals surface area contributed by atoms with Crippen LogP contribution in [-0.4, -0.2) is 37.9 Å². The summed E-state index contributed by atoms with van der Waals surface area (Å²) in [6.07, 6.45) is 4.36. The zero-order valence-corrected chi connectivity index (χ0v) is 14.0. The van der Waals surface area contributed by atoms with Crippen LogP contribution in [0.2, 0.25) is 0 Å². The average molecular weight is 338 g/mol. The molecule has 1 fully saturated rings. The minimum atomic E-state index is -0.239. The van der Waals surface area contributed by atoms with E-state index in [1.54, 1.807) is 24.5 Å². The largest absolute Gasteiger partial charge is 0.334 e. The first kappa shape index (κ1) is 15.7. The molecule has 0 saturated carbocycles. The number of fused-ring (bicyclic) bond motifs is 1. The molecule has 4 rings (SSSR count). The molecular formula is C19H19FN4O. The van der Waals surface area contributed by atoms with Crippen LogP contribution < -0.4 is 0 Å². The first-order chi connectivity index (χ1) is 12.1. The molecule has 3 heterocycles. The number of pyridine rings is 1. The maximum absolute atomic E-state index is 13.1. The molecule has 2 aromatic heterocycles. The van der Waals surface area contributed by atoms with Gasteiger partial charge in [0.05, 0.1) is 6.33 Å². The van der Waals surface area contributed by atoms with Crippen molar-refractivity contribution in [3.05, 3.63) is 59.8 Å². The number of carbonyl (C=O) groups excluding carboxylic acids is 1. The van der Waals surface area contributed by atoms with E-state index in [0.717, 1.165) is 36.9 Å². The number of rotatable bonds is 3. The fourth-order valence-electron chi connectivity index (χ4n) is 3.48. The van der Waals surface area contributed by atoms with E-state index in [2.05, 4.69) is 9.97 Å². The molecule has 5 nitrogen and oxygen atoms in total. The molecule has 1 aliphatic rings. The second-order valence-electron chi connectivity index (χ2n) is 6.52. The highest BCUT2D eigenvalue weighted by molar-refractivity contribution is 5.94. The van der Waals surface area contributed by atoms with Crippen molar-refractivity contribution in [2.24, 2.45) is 7.05 Å². The fraction of sp³-hybridized carbons (Fsp3) is 0.316. The molecule has 0 N–H and O–H groups in total. The Labute approximate surface area is 145 Å². The van der Waals surface area contributed by atoms with E-state index in [4.69, 9.17) is 0 Å². The Balaban J connectivity index is 1.56. The van der Waals surface area contributed by atoms with Crippen LogP contribution in [0.25, 0.3) is 11.2 Å². The quantitative estimate of drug-likeness (QED) is 0.738. The normalized spacial score (nSPS) is 17.4. The number of aromatic nitrogens is 3. The molecule has 1 unspecified atom stereocenters. The Morgan fingerprint density at radius 3 is 2.84 bits per heavy atom. The molecule has 25 heavy (non-hydrogen) atoms. The molecule has 1 aromatic carbocycles. The summed E-state index contributed by atoms with van der Waals surface area (Å²) in [5.41, 5.74) is 2.98. The lowest BCUT2D eigenvalue weighted by Gasteiger charge is -2.24. The number of likely N-dealkylation sites (tertiary alicyclic amines) is 1. The molecule has 1 amide bonds. The highest BCUT2D eigenvalue weighted by Crippen LogP contribution is 2.23. The van der Waals surface area contributed by atoms with Crippen molar-refractivity contribution in [1.82, 2.24) is 19.4 Å². The molecule has 1 atom stereocenters. The second kappa shape index (κ2) is 6.27. The zero-order valence-electron chi connectivity index (χ0n) is 14.0. The summed E-state index contributed by atoms with van der Waals surface area (Å²) in [4.78, 5) is 23.6. The Hall–Kier alpha value is -2.76. The Kier molecular flexibility index (Phi) is 3.95. The SMILES string of the molecule is Cn1cnc2ccc(C(=O)N3CCCC3Cc3ccc(F)cc3)nc21. The van der Waals surface area contributed by atoms with Crippen molar-refractivity contribution in [2.75, 3.05) is 6.54 Å². The smallest absolute Gasteiger partial charge is 0.272 e. The summed E-state index contributed by atoms with van der Waals surface area (Å²) in [7, 11) is 1.86. The highest BCUT2D eigenvalue weighted by Gasteiger charge is 2.30. The van der Waals surface area contributed by atoms with Gasteiger partial charge < -0.3 is 9.47 Å². The predicted octanol–water partition coefficient (Wildman–Crippen LogP) is 2.95. The van der Waals surface area contributed by atoms with Gasteiger partial charge in [0.1, 0.15) is 17.0 Å². The van der Waals surface area contributed by atoms with Crippen LogP contribution >= 0.6 is 0 Å². The van der Waals surface area contributed by atoms with Crippen molar-refractivity contribution in [3.63, 3.8) is 0 Å². The van der Waals surface area contributed by atoms with E-state index in [9.17, 15) is 9.18 Å². The third kappa shape index (κ3) is 2.99. The van der Waals surface area contributed by atoms with E-state index in [1.807, 2.05) is 22.6 Å². The van der Waals surface area contributed by atoms with Gasteiger partial charge in [-0.05, 0) is 49.1 Å². The third-order valence-electron chi connectivity index (χ3n) is 4.80. The summed E-state index contributed by atoms with van der Waals surface area (Å²) >= 11 is 0. The van der Waals surface area contributed by atoms with Gasteiger partial charge in [-0.2, -0.15) is 0 Å². The number of hydrogen-bond donors (Lipinski definition) is 0. The summed E-state index contributed by atoms with van der Waals surface area (Å²) < 4.78 is 14.9. The van der Waals surface area contributed by atoms with E-state index in [-0.39, 0.29) is 17.8 Å². The maximum Gasteiger partial charge on any atom is 0.272 e. The van der Waals surface area contributed by atoms with E-state index in [0.29, 0.717) is 11.3 Å². The van der Waals surface area contributed by atoms with Gasteiger partial charge in [0.15, 0.2) is 5.65 Å². The third-order valence-corrected chi connectivity index (χ3v) is 4.80. The molecule has 3 aromatic rings. The maximum atomic E-state index is 13.1. The topological polar surface area (TPSA) is 51.0 Å². The lowest BCUT2D eigenvalue weighted by Crippen LogP contribution is -2.37. The van der Waals surface area contributed by atoms with Crippen LogP contribution in [-0.2, 0) is 13.5 Å². The number of aryl methyl sites for hydroxylation is 1. The van der Waals surface area contributed by atoms with Gasteiger partial charge in [0, 0.05) is 19.6 Å². The minimum Gasteiger partial charge on any atom is -0.334 e. The van der Waals surface area contributed by atoms with Crippen LogP contribution in [0.1, 0.15) is 28.9 Å². The average Bonchev–Trinajstić information content (AvgIpc) is 3.23. The van der Waals surface area contributed by atoms with Crippen LogP contribution in [0.4, 0.5) is 4.39 Å². The Bertz CT molecular complexity index is 919. The first-order valence-corrected chi connectivity index (χ1v) is 8.45. The van der Waals surface area contributed by atoms with Crippen molar-refractivity contribution >= 4 is 17.1 Å². The summed E-state index contributed by atoms with van der Waals surface area (Å²) in [5, 5.41) is 0. The molecule has 0 spiro atoms. The lowest BCUT2D eigenvalue weighted by atomic mass is 10.0. The van der Waals surface area contributed by atoms with Gasteiger partial charge >= 0.3 is 0 Å². The van der Waals surface area contributed by atoms with Gasteiger partial charge in [0.2, 0.25) is 0 Å². The number of benzene rings is 1. The molecule has 1 saturated heterocycles. The van der Waals surface area contributed by atoms with Crippen molar-refractivity contribution in [3.8, 4) is 0 Å². The lowest BCUT2D eigenvalue weighted by molar-refractivity contribution is 0.0731. The van der Waals surface area contributed by atoms with Gasteiger partial charge in [-0.15, -0.1) is 0 Å². The van der Waals surface area contributed by atoms with Crippen LogP contribution in [0, 0.1) is 5.82 Å². The summed E-state index contributed by atoms with van der Waals surface area (Å²) in [6, 6.07) is 10.2. The summed E-state index contributed by atoms with van der Waals surface area (Å²) in [5.74, 6) is -0.288. The van der Waals surface area contributed by atoms with Crippen molar-refractivity contribution in [2.45, 2.75) is 25.3 Å². The van der Waals surface area contributed by atoms with E-state index >= 15 is 0 Å². The highest BCUT2D eigenvalue weighted by atomic mass is 19.1. The zero-order chi connectivity index (χ0) is 17.4. The van der Waals surface area contributed by atoms with Gasteiger partial charge in [-0.1, -0.05) is 12.1 Å². The predicted molar refractivity (Wildman–Crippen MR) is 92.7 cm³/mol. The molecule has 128 valence electrons. The molecule has 6 heteroatoms. The monoisotopic (exact) mass is 338 g/mol. The van der Waals surface area contributed by atoms with Gasteiger partial charge in [-0.25, -0.2) is 14.4 Å². The fourth-order valence-corrected chi connectivity index (χ4v) is 3.48. The Morgan fingerprint density at radius 2 is 2.04 bits per heavy atom. The van der Waals surface area contributed by atoms with E-state index < -0.39 is 0 Å². The minimum absolute atomic E-state index is 0.0484. The number of carbonyl (C=O) groups is 1. The molecular weight excluding hydrogens is 319 g/mol. The number of amides is 1. The number of hydrogen-bond acceptors (Lipinski definition) is 3. The van der Waals surface area contributed by atoms with Crippen molar-refractivity contribution in [1.29, 1.82) is 0 Å². The Morgan fingerprint density at radius 1 is 1.24 bits per heavy atom. The van der Waals surface area contributed by atoms with Gasteiger partial charge in [0.25, 0.3) is 5.91 Å². The standard InChI is InChI=1S/C19H19FN4O/c1-23-12-21-16-8-9-17(22-18(16)23)19(25)24-10-2-3-15(24)11-13-4-6-14(20)7-5-13/h4-9,12,15H,2-3,10-11H2,1H3. The number of nitrogens with zero attached hydrogens (tertiary/aromatic N) is 4. The number of halogens is 1. The van der Waals surface area contributed by atoms with Crippen LogP contribution in [0.15, 0.2) is 42.7 Å². The molecule has 0 bridgehead atoms. The molecule has 1 aliphatic heterocycles. The first-order valence-electron chi connectivity index (χ1n) is 8.45. The van der Waals surface area contributed by atoms with Gasteiger partial charge in [-0.3, -0.25) is 4.79 Å². The summed E-state index contributed by atoms with van der Waals surface area (Å²) in [6.45, 7) is 0.732. The van der Waals surface area contributed by atoms with Crippen LogP contribution in [0.3, 0.4) is 0 Å². The second-order valence-corrected chi connectivity index (χ2v) is 6.52.